The fraction of sp³-hybridized carbons (Fsp3) is 0.120. The Bertz CT molecular complexity index is 1350. The average molecular weight is 582 g/mol. The second kappa shape index (κ2) is 11.4. The summed E-state index contributed by atoms with van der Waals surface area (Å²) in [7, 11) is 0. The number of rotatable bonds is 8. The summed E-state index contributed by atoms with van der Waals surface area (Å²) in [6.07, 6.45) is -0.360. The highest BCUT2D eigenvalue weighted by molar-refractivity contribution is 6.55. The van der Waals surface area contributed by atoms with Crippen LogP contribution in [0.5, 0.6) is 11.5 Å². The van der Waals surface area contributed by atoms with E-state index in [0.29, 0.717) is 17.2 Å². The maximum Gasteiger partial charge on any atom is 0.308 e. The molecule has 0 unspecified atom stereocenters. The first-order chi connectivity index (χ1) is 17.7. The van der Waals surface area contributed by atoms with Crippen molar-refractivity contribution >= 4 is 75.8 Å². The van der Waals surface area contributed by atoms with E-state index in [9.17, 15) is 19.2 Å². The molecule has 190 valence electrons. The first kappa shape index (κ1) is 26.8. The maximum atomic E-state index is 12.7. The van der Waals surface area contributed by atoms with Gasteiger partial charge < -0.3 is 14.8 Å². The molecular formula is C25H16Cl4N2O6. The lowest BCUT2D eigenvalue weighted by atomic mass is 10.1. The van der Waals surface area contributed by atoms with Gasteiger partial charge in [-0.15, -0.1) is 0 Å². The number of hydrogen-bond acceptors (Lipinski definition) is 6. The summed E-state index contributed by atoms with van der Waals surface area (Å²) >= 11 is 24.1. The van der Waals surface area contributed by atoms with Gasteiger partial charge in [-0.05, 0) is 36.4 Å². The van der Waals surface area contributed by atoms with E-state index in [2.05, 4.69) is 5.32 Å². The van der Waals surface area contributed by atoms with Crippen molar-refractivity contribution in [2.24, 2.45) is 0 Å². The fourth-order valence-electron chi connectivity index (χ4n) is 3.45. The van der Waals surface area contributed by atoms with Crippen molar-refractivity contribution in [3.05, 3.63) is 85.8 Å². The lowest BCUT2D eigenvalue weighted by molar-refractivity contribution is -0.147. The third-order valence-corrected chi connectivity index (χ3v) is 7.01. The number of benzene rings is 3. The Kier molecular flexibility index (Phi) is 8.24. The molecule has 37 heavy (non-hydrogen) atoms. The van der Waals surface area contributed by atoms with E-state index >= 15 is 0 Å². The molecule has 3 aromatic rings. The first-order valence-electron chi connectivity index (χ1n) is 10.7. The summed E-state index contributed by atoms with van der Waals surface area (Å²) in [6.45, 7) is -0.885. The minimum absolute atomic E-state index is 0.154. The van der Waals surface area contributed by atoms with Crippen LogP contribution in [-0.4, -0.2) is 41.7 Å². The Hall–Kier alpha value is -3.30. The van der Waals surface area contributed by atoms with Gasteiger partial charge in [0.15, 0.2) is 6.61 Å². The molecular weight excluding hydrogens is 566 g/mol. The van der Waals surface area contributed by atoms with Crippen LogP contribution < -0.4 is 10.1 Å². The number of imide groups is 1. The summed E-state index contributed by atoms with van der Waals surface area (Å²) in [5.41, 5.74) is 0.108. The van der Waals surface area contributed by atoms with Crippen molar-refractivity contribution in [2.45, 2.75) is 6.42 Å². The van der Waals surface area contributed by atoms with Gasteiger partial charge >= 0.3 is 5.97 Å². The molecule has 3 amide bonds. The van der Waals surface area contributed by atoms with Crippen LogP contribution in [0.3, 0.4) is 0 Å². The maximum absolute atomic E-state index is 12.7. The van der Waals surface area contributed by atoms with Gasteiger partial charge in [-0.3, -0.25) is 24.1 Å². The van der Waals surface area contributed by atoms with Gasteiger partial charge in [0, 0.05) is 12.2 Å². The minimum atomic E-state index is -0.799. The van der Waals surface area contributed by atoms with E-state index in [1.165, 1.54) is 0 Å². The lowest BCUT2D eigenvalue weighted by Crippen LogP contribution is -2.32. The van der Waals surface area contributed by atoms with Crippen LogP contribution in [0.25, 0.3) is 0 Å². The zero-order valence-corrected chi connectivity index (χ0v) is 21.7. The standard InChI is InChI=1S/C25H16Cl4N2O6/c26-20-18-19(21(27)23(29)22(20)28)25(35)31(24(18)34)11-10-17(33)36-12-16(32)30-13-6-8-15(9-7-13)37-14-4-2-1-3-5-14/h1-9H,10-12H2,(H,30,32). The summed E-state index contributed by atoms with van der Waals surface area (Å²) in [6, 6.07) is 15.8. The van der Waals surface area contributed by atoms with E-state index < -0.39 is 30.3 Å². The highest BCUT2D eigenvalue weighted by Crippen LogP contribution is 2.44. The van der Waals surface area contributed by atoms with E-state index in [0.717, 1.165) is 4.90 Å². The van der Waals surface area contributed by atoms with Gasteiger partial charge in [-0.25, -0.2) is 0 Å². The highest BCUT2D eigenvalue weighted by atomic mass is 35.5. The van der Waals surface area contributed by atoms with Crippen molar-refractivity contribution in [1.82, 2.24) is 4.90 Å². The Balaban J connectivity index is 1.26. The van der Waals surface area contributed by atoms with Crippen molar-refractivity contribution in [2.75, 3.05) is 18.5 Å². The number of ether oxygens (including phenoxy) is 2. The first-order valence-corrected chi connectivity index (χ1v) is 12.2. The van der Waals surface area contributed by atoms with Gasteiger partial charge in [0.1, 0.15) is 11.5 Å². The van der Waals surface area contributed by atoms with Gasteiger partial charge in [0.25, 0.3) is 17.7 Å². The molecule has 0 bridgehead atoms. The zero-order valence-electron chi connectivity index (χ0n) is 18.7. The summed E-state index contributed by atoms with van der Waals surface area (Å²) < 4.78 is 10.6. The zero-order chi connectivity index (χ0) is 26.7. The van der Waals surface area contributed by atoms with Crippen LogP contribution >= 0.6 is 46.4 Å². The summed E-state index contributed by atoms with van der Waals surface area (Å²) in [5.74, 6) is -1.66. The number of para-hydroxylation sites is 1. The smallest absolute Gasteiger partial charge is 0.308 e. The number of carbonyl (C=O) groups excluding carboxylic acids is 4. The molecule has 1 aliphatic heterocycles. The second-order valence-electron chi connectivity index (χ2n) is 7.67. The van der Waals surface area contributed by atoms with Crippen molar-refractivity contribution in [3.63, 3.8) is 0 Å². The third kappa shape index (κ3) is 5.83. The van der Waals surface area contributed by atoms with E-state index in [1.807, 2.05) is 30.3 Å². The molecule has 0 saturated heterocycles. The normalized spacial score (nSPS) is 12.4. The third-order valence-electron chi connectivity index (χ3n) is 5.21. The monoisotopic (exact) mass is 580 g/mol. The Morgan fingerprint density at radius 1 is 0.757 bits per heavy atom. The van der Waals surface area contributed by atoms with Gasteiger partial charge in [0.2, 0.25) is 0 Å². The number of fused-ring (bicyclic) bond motifs is 1. The number of esters is 1. The fourth-order valence-corrected chi connectivity index (χ4v) is 4.46. The highest BCUT2D eigenvalue weighted by Gasteiger charge is 2.41. The van der Waals surface area contributed by atoms with Crippen LogP contribution in [0.4, 0.5) is 5.69 Å². The molecule has 1 aliphatic rings. The van der Waals surface area contributed by atoms with E-state index in [4.69, 9.17) is 55.9 Å². The number of nitrogens with one attached hydrogen (secondary N) is 1. The van der Waals surface area contributed by atoms with Crippen LogP contribution in [0, 0.1) is 0 Å². The molecule has 3 aromatic carbocycles. The molecule has 0 atom stereocenters. The number of anilines is 1. The van der Waals surface area contributed by atoms with Crippen molar-refractivity contribution in [3.8, 4) is 11.5 Å². The molecule has 0 aromatic heterocycles. The predicted octanol–water partition coefficient (Wildman–Crippen LogP) is 6.26. The van der Waals surface area contributed by atoms with Crippen LogP contribution in [0.1, 0.15) is 27.1 Å². The van der Waals surface area contributed by atoms with Crippen LogP contribution in [0.2, 0.25) is 20.1 Å². The summed E-state index contributed by atoms with van der Waals surface area (Å²) in [5, 5.41) is 1.88. The van der Waals surface area contributed by atoms with Gasteiger partial charge in [0.05, 0.1) is 37.6 Å². The molecule has 8 nitrogen and oxygen atoms in total. The molecule has 0 radical (unpaired) electrons. The molecule has 4 rings (SSSR count). The molecule has 0 spiro atoms. The Morgan fingerprint density at radius 3 is 1.86 bits per heavy atom. The quantitative estimate of drug-likeness (QED) is 0.146. The molecule has 1 N–H and O–H groups in total. The average Bonchev–Trinajstić information content (AvgIpc) is 3.14. The van der Waals surface area contributed by atoms with E-state index in [-0.39, 0.29) is 44.2 Å². The number of amides is 3. The Morgan fingerprint density at radius 2 is 1.30 bits per heavy atom. The number of halogens is 4. The topological polar surface area (TPSA) is 102 Å². The number of hydrogen-bond donors (Lipinski definition) is 1. The SMILES string of the molecule is O=C(COC(=O)CCN1C(=O)c2c(Cl)c(Cl)c(Cl)c(Cl)c2C1=O)Nc1ccc(Oc2ccccc2)cc1. The van der Waals surface area contributed by atoms with Crippen molar-refractivity contribution < 1.29 is 28.7 Å². The van der Waals surface area contributed by atoms with Crippen molar-refractivity contribution in [1.29, 1.82) is 0 Å². The molecule has 12 heteroatoms. The molecule has 0 fully saturated rings. The van der Waals surface area contributed by atoms with Gasteiger partial charge in [-0.1, -0.05) is 64.6 Å². The second-order valence-corrected chi connectivity index (χ2v) is 9.18. The van der Waals surface area contributed by atoms with Crippen LogP contribution in [0.15, 0.2) is 54.6 Å². The largest absolute Gasteiger partial charge is 0.457 e. The van der Waals surface area contributed by atoms with Crippen LogP contribution in [-0.2, 0) is 14.3 Å². The predicted molar refractivity (Wildman–Crippen MR) is 139 cm³/mol. The van der Waals surface area contributed by atoms with E-state index in [1.54, 1.807) is 24.3 Å². The Labute approximate surface area is 230 Å². The molecule has 0 aliphatic carbocycles. The molecule has 1 heterocycles. The van der Waals surface area contributed by atoms with Gasteiger partial charge in [-0.2, -0.15) is 0 Å². The summed E-state index contributed by atoms with van der Waals surface area (Å²) in [4.78, 5) is 50.5. The number of nitrogens with zero attached hydrogens (tertiary/aromatic N) is 1. The molecule has 0 saturated carbocycles. The lowest BCUT2D eigenvalue weighted by Gasteiger charge is -2.13. The minimum Gasteiger partial charge on any atom is -0.457 e. The number of carbonyl (C=O) groups is 4.